The van der Waals surface area contributed by atoms with E-state index >= 15 is 0 Å². The fraction of sp³-hybridized carbons (Fsp3) is 0.750. The summed E-state index contributed by atoms with van der Waals surface area (Å²) in [5.74, 6) is 0. The molecule has 0 bridgehead atoms. The number of urea groups is 1. The molecule has 1 saturated heterocycles. The molecule has 0 unspecified atom stereocenters. The lowest BCUT2D eigenvalue weighted by atomic mass is 10.3. The molecule has 13 heavy (non-hydrogen) atoms. The summed E-state index contributed by atoms with van der Waals surface area (Å²) in [6.07, 6.45) is 0.949. The van der Waals surface area contributed by atoms with Crippen LogP contribution in [0.25, 0.3) is 0 Å². The highest BCUT2D eigenvalue weighted by atomic mass is 16.2. The van der Waals surface area contributed by atoms with E-state index in [1.54, 1.807) is 14.1 Å². The molecule has 1 aliphatic rings. The number of hydrazone groups is 1. The average molecular weight is 184 g/mol. The van der Waals surface area contributed by atoms with Crippen LogP contribution in [0.3, 0.4) is 0 Å². The highest BCUT2D eigenvalue weighted by Gasteiger charge is 2.13. The number of nitrogens with one attached hydrogen (secondary N) is 1. The largest absolute Gasteiger partial charge is 0.337 e. The highest BCUT2D eigenvalue weighted by Crippen LogP contribution is 2.01. The van der Waals surface area contributed by atoms with E-state index in [0.29, 0.717) is 0 Å². The Kier molecular flexibility index (Phi) is 3.25. The predicted molar refractivity (Wildman–Crippen MR) is 51.8 cm³/mol. The number of hydrogen-bond donors (Lipinski definition) is 1. The van der Waals surface area contributed by atoms with Gasteiger partial charge in [0, 0.05) is 33.6 Å². The first-order valence-electron chi connectivity index (χ1n) is 4.31. The molecule has 74 valence electrons. The van der Waals surface area contributed by atoms with Crippen LogP contribution in [-0.4, -0.2) is 55.8 Å². The van der Waals surface area contributed by atoms with E-state index < -0.39 is 0 Å². The second-order valence-corrected chi connectivity index (χ2v) is 3.48. The topological polar surface area (TPSA) is 47.9 Å². The Hall–Kier alpha value is -1.10. The third-order valence-corrected chi connectivity index (χ3v) is 1.95. The van der Waals surface area contributed by atoms with Crippen LogP contribution in [0.4, 0.5) is 4.79 Å². The lowest BCUT2D eigenvalue weighted by Crippen LogP contribution is -2.32. The van der Waals surface area contributed by atoms with E-state index in [9.17, 15) is 4.79 Å². The van der Waals surface area contributed by atoms with Crippen molar-refractivity contribution in [2.45, 2.75) is 6.42 Å². The lowest BCUT2D eigenvalue weighted by molar-refractivity contribution is 0.218. The van der Waals surface area contributed by atoms with Gasteiger partial charge in [0.25, 0.3) is 0 Å². The molecule has 0 aliphatic carbocycles. The molecule has 1 fully saturated rings. The molecule has 5 nitrogen and oxygen atoms in total. The van der Waals surface area contributed by atoms with E-state index in [0.717, 1.165) is 25.2 Å². The number of nitrogens with zero attached hydrogens (tertiary/aromatic N) is 3. The van der Waals surface area contributed by atoms with Crippen LogP contribution >= 0.6 is 0 Å². The van der Waals surface area contributed by atoms with E-state index in [-0.39, 0.29) is 6.03 Å². The zero-order chi connectivity index (χ0) is 9.84. The van der Waals surface area contributed by atoms with Crippen LogP contribution in [0.5, 0.6) is 0 Å². The Morgan fingerprint density at radius 2 is 2.31 bits per heavy atom. The van der Waals surface area contributed by atoms with Crippen molar-refractivity contribution >= 4 is 11.7 Å². The minimum absolute atomic E-state index is 0.179. The first kappa shape index (κ1) is 9.98. The Morgan fingerprint density at radius 3 is 2.77 bits per heavy atom. The van der Waals surface area contributed by atoms with Crippen LogP contribution in [0.15, 0.2) is 5.10 Å². The van der Waals surface area contributed by atoms with Crippen LogP contribution in [0, 0.1) is 0 Å². The van der Waals surface area contributed by atoms with Gasteiger partial charge in [-0.3, -0.25) is 0 Å². The zero-order valence-electron chi connectivity index (χ0n) is 8.37. The minimum atomic E-state index is -0.179. The van der Waals surface area contributed by atoms with Crippen LogP contribution in [0.1, 0.15) is 6.42 Å². The number of carbonyl (C=O) groups excluding carboxylic acids is 1. The fourth-order valence-corrected chi connectivity index (χ4v) is 1.11. The predicted octanol–water partition coefficient (Wildman–Crippen LogP) is -0.0509. The van der Waals surface area contributed by atoms with E-state index in [1.807, 2.05) is 7.05 Å². The summed E-state index contributed by atoms with van der Waals surface area (Å²) in [6, 6.07) is -0.179. The maximum atomic E-state index is 11.1. The Morgan fingerprint density at radius 1 is 1.62 bits per heavy atom. The monoisotopic (exact) mass is 184 g/mol. The summed E-state index contributed by atoms with van der Waals surface area (Å²) in [5.41, 5.74) is 3.53. The summed E-state index contributed by atoms with van der Waals surface area (Å²) >= 11 is 0. The number of amides is 2. The average Bonchev–Trinajstić information content (AvgIpc) is 2.47. The third kappa shape index (κ3) is 3.02. The van der Waals surface area contributed by atoms with Gasteiger partial charge < -0.3 is 9.80 Å². The minimum Gasteiger partial charge on any atom is -0.329 e. The molecule has 1 rings (SSSR count). The number of likely N-dealkylation sites (tertiary alicyclic amines) is 1. The normalized spacial score (nSPS) is 20.7. The summed E-state index contributed by atoms with van der Waals surface area (Å²) in [5, 5.41) is 4.03. The Balaban J connectivity index is 2.36. The third-order valence-electron chi connectivity index (χ3n) is 1.95. The first-order chi connectivity index (χ1) is 6.09. The van der Waals surface area contributed by atoms with Gasteiger partial charge in [-0.1, -0.05) is 0 Å². The second kappa shape index (κ2) is 4.23. The quantitative estimate of drug-likeness (QED) is 0.581. The van der Waals surface area contributed by atoms with E-state index in [1.165, 1.54) is 4.90 Å². The standard InChI is InChI=1S/C8H16N4O/c1-11(2)8(13)10-9-7-4-5-12(3)6-7/h4-6H2,1-3H3,(H,10,13)/b9-7-. The maximum absolute atomic E-state index is 11.1. The molecular weight excluding hydrogens is 168 g/mol. The first-order valence-corrected chi connectivity index (χ1v) is 4.31. The molecule has 5 heteroatoms. The fourth-order valence-electron chi connectivity index (χ4n) is 1.11. The van der Waals surface area contributed by atoms with Gasteiger partial charge in [-0.2, -0.15) is 5.10 Å². The van der Waals surface area contributed by atoms with Crippen molar-refractivity contribution in [1.82, 2.24) is 15.2 Å². The van der Waals surface area contributed by atoms with Crippen molar-refractivity contribution < 1.29 is 4.79 Å². The lowest BCUT2D eigenvalue weighted by Gasteiger charge is -2.08. The van der Waals surface area contributed by atoms with Crippen LogP contribution in [-0.2, 0) is 0 Å². The van der Waals surface area contributed by atoms with E-state index in [4.69, 9.17) is 0 Å². The molecule has 1 heterocycles. The SMILES string of the molecule is CN1CC/C(=N/NC(=O)N(C)C)C1. The van der Waals surface area contributed by atoms with Gasteiger partial charge in [-0.25, -0.2) is 10.2 Å². The number of hydrogen-bond acceptors (Lipinski definition) is 3. The second-order valence-electron chi connectivity index (χ2n) is 3.48. The summed E-state index contributed by atoms with van der Waals surface area (Å²) in [6.45, 7) is 1.88. The molecule has 0 aromatic carbocycles. The molecule has 0 radical (unpaired) electrons. The maximum Gasteiger partial charge on any atom is 0.337 e. The van der Waals surface area contributed by atoms with Gasteiger partial charge in [-0.05, 0) is 7.05 Å². The van der Waals surface area contributed by atoms with E-state index in [2.05, 4.69) is 15.4 Å². The molecule has 0 aromatic rings. The zero-order valence-corrected chi connectivity index (χ0v) is 8.37. The van der Waals surface area contributed by atoms with Gasteiger partial charge in [0.2, 0.25) is 0 Å². The highest BCUT2D eigenvalue weighted by molar-refractivity contribution is 5.89. The molecule has 0 spiro atoms. The summed E-state index contributed by atoms with van der Waals surface area (Å²) in [4.78, 5) is 14.7. The molecule has 0 atom stereocenters. The van der Waals surface area contributed by atoms with Crippen molar-refractivity contribution in [3.63, 3.8) is 0 Å². The molecule has 1 aliphatic heterocycles. The van der Waals surface area contributed by atoms with Crippen molar-refractivity contribution in [3.05, 3.63) is 0 Å². The molecule has 0 saturated carbocycles. The molecular formula is C8H16N4O. The smallest absolute Gasteiger partial charge is 0.329 e. The van der Waals surface area contributed by atoms with Gasteiger partial charge in [0.15, 0.2) is 0 Å². The summed E-state index contributed by atoms with van der Waals surface area (Å²) in [7, 11) is 5.42. The molecule has 1 N–H and O–H groups in total. The van der Waals surface area contributed by atoms with Gasteiger partial charge in [0.05, 0.1) is 5.71 Å². The van der Waals surface area contributed by atoms with Gasteiger partial charge in [0.1, 0.15) is 0 Å². The van der Waals surface area contributed by atoms with Crippen LogP contribution < -0.4 is 5.43 Å². The van der Waals surface area contributed by atoms with Gasteiger partial charge in [-0.15, -0.1) is 0 Å². The Labute approximate surface area is 78.4 Å². The Bertz CT molecular complexity index is 224. The van der Waals surface area contributed by atoms with Crippen molar-refractivity contribution in [3.8, 4) is 0 Å². The van der Waals surface area contributed by atoms with Crippen molar-refractivity contribution in [2.24, 2.45) is 5.10 Å². The number of carbonyl (C=O) groups is 1. The van der Waals surface area contributed by atoms with Crippen molar-refractivity contribution in [2.75, 3.05) is 34.2 Å². The number of rotatable bonds is 1. The molecule has 0 aromatic heterocycles. The summed E-state index contributed by atoms with van der Waals surface area (Å²) < 4.78 is 0. The van der Waals surface area contributed by atoms with Crippen LogP contribution in [0.2, 0.25) is 0 Å². The molecule has 2 amide bonds. The van der Waals surface area contributed by atoms with Gasteiger partial charge >= 0.3 is 6.03 Å². The van der Waals surface area contributed by atoms with Crippen molar-refractivity contribution in [1.29, 1.82) is 0 Å².